The fourth-order valence-corrected chi connectivity index (χ4v) is 2.54. The molecule has 0 atom stereocenters. The maximum absolute atomic E-state index is 6.21. The van der Waals surface area contributed by atoms with Crippen molar-refractivity contribution in [1.82, 2.24) is 9.55 Å². The summed E-state index contributed by atoms with van der Waals surface area (Å²) in [4.78, 5) is 4.59. The van der Waals surface area contributed by atoms with E-state index >= 15 is 0 Å². The van der Waals surface area contributed by atoms with Crippen LogP contribution >= 0.6 is 15.9 Å². The molecule has 0 unspecified atom stereocenters. The fourth-order valence-electron chi connectivity index (χ4n) is 2.17. The number of nitrogens with two attached hydrogens (primary N) is 1. The number of nitrogen functional groups attached to an aromatic ring is 1. The lowest BCUT2D eigenvalue weighted by molar-refractivity contribution is 0.590. The summed E-state index contributed by atoms with van der Waals surface area (Å²) in [5.41, 5.74) is 9.33. The topological polar surface area (TPSA) is 43.8 Å². The number of anilines is 1. The van der Waals surface area contributed by atoms with Gasteiger partial charge in [0.05, 0.1) is 0 Å². The lowest BCUT2D eigenvalue weighted by atomic mass is 10.1. The van der Waals surface area contributed by atoms with E-state index in [9.17, 15) is 0 Å². The average molecular weight is 308 g/mol. The molecule has 0 aliphatic rings. The Kier molecular flexibility index (Phi) is 3.48. The van der Waals surface area contributed by atoms with Crippen LogP contribution in [-0.4, -0.2) is 9.55 Å². The van der Waals surface area contributed by atoms with Crippen LogP contribution in [0.4, 0.5) is 5.82 Å². The first-order chi connectivity index (χ1) is 8.41. The Hall–Kier alpha value is -1.29. The molecule has 0 saturated heterocycles. The van der Waals surface area contributed by atoms with Crippen molar-refractivity contribution in [2.75, 3.05) is 5.73 Å². The molecular weight excluding hydrogens is 290 g/mol. The van der Waals surface area contributed by atoms with E-state index in [1.165, 1.54) is 5.56 Å². The van der Waals surface area contributed by atoms with E-state index in [1.54, 1.807) is 0 Å². The van der Waals surface area contributed by atoms with Crippen molar-refractivity contribution in [3.63, 3.8) is 0 Å². The molecule has 18 heavy (non-hydrogen) atoms. The molecule has 3 nitrogen and oxygen atoms in total. The van der Waals surface area contributed by atoms with Gasteiger partial charge in [-0.2, -0.15) is 0 Å². The first-order valence-corrected chi connectivity index (χ1v) is 6.82. The molecule has 0 fully saturated rings. The molecule has 2 aromatic rings. The van der Waals surface area contributed by atoms with Crippen LogP contribution in [0.2, 0.25) is 0 Å². The maximum Gasteiger partial charge on any atom is 0.131 e. The summed E-state index contributed by atoms with van der Waals surface area (Å²) in [5, 5.41) is 0. The third-order valence-electron chi connectivity index (χ3n) is 3.09. The molecule has 0 spiro atoms. The van der Waals surface area contributed by atoms with Gasteiger partial charge in [-0.05, 0) is 39.3 Å². The predicted octanol–water partition coefficient (Wildman–Crippen LogP) is 4.09. The molecule has 4 heteroatoms. The summed E-state index contributed by atoms with van der Waals surface area (Å²) < 4.78 is 3.14. The molecule has 96 valence electrons. The number of aryl methyl sites for hydroxylation is 2. The Bertz CT molecular complexity index is 585. The first kappa shape index (κ1) is 13.1. The molecule has 0 bridgehead atoms. The molecule has 2 N–H and O–H groups in total. The number of halogens is 1. The smallest absolute Gasteiger partial charge is 0.131 e. The van der Waals surface area contributed by atoms with Crippen LogP contribution in [0.5, 0.6) is 0 Å². The number of hydrogen-bond acceptors (Lipinski definition) is 2. The minimum atomic E-state index is 0.320. The summed E-state index contributed by atoms with van der Waals surface area (Å²) in [6.07, 6.45) is 0. The van der Waals surface area contributed by atoms with Crippen molar-refractivity contribution in [2.24, 2.45) is 0 Å². The average Bonchev–Trinajstić information content (AvgIpc) is 2.58. The zero-order valence-corrected chi connectivity index (χ0v) is 12.7. The largest absolute Gasteiger partial charge is 0.383 e. The molecule has 1 heterocycles. The normalized spacial score (nSPS) is 11.2. The quantitative estimate of drug-likeness (QED) is 0.908. The highest BCUT2D eigenvalue weighted by Gasteiger charge is 2.15. The molecular formula is C14H18BrN3. The van der Waals surface area contributed by atoms with Crippen molar-refractivity contribution >= 4 is 21.7 Å². The minimum absolute atomic E-state index is 0.320. The Labute approximate surface area is 116 Å². The van der Waals surface area contributed by atoms with Gasteiger partial charge in [0.15, 0.2) is 0 Å². The van der Waals surface area contributed by atoms with E-state index in [2.05, 4.69) is 64.5 Å². The van der Waals surface area contributed by atoms with Crippen molar-refractivity contribution in [2.45, 2.75) is 33.7 Å². The molecule has 1 aromatic heterocycles. The van der Waals surface area contributed by atoms with Crippen LogP contribution in [-0.2, 0) is 0 Å². The second kappa shape index (κ2) is 4.76. The zero-order valence-electron chi connectivity index (χ0n) is 11.2. The van der Waals surface area contributed by atoms with E-state index < -0.39 is 0 Å². The fraction of sp³-hybridized carbons (Fsp3) is 0.357. The number of rotatable bonds is 2. The molecule has 0 aliphatic heterocycles. The second-order valence-corrected chi connectivity index (χ2v) is 5.67. The van der Waals surface area contributed by atoms with Crippen LogP contribution in [0.15, 0.2) is 22.7 Å². The van der Waals surface area contributed by atoms with Crippen LogP contribution in [0.1, 0.15) is 31.3 Å². The maximum atomic E-state index is 6.21. The van der Waals surface area contributed by atoms with E-state index in [-0.39, 0.29) is 0 Å². The van der Waals surface area contributed by atoms with Gasteiger partial charge < -0.3 is 10.3 Å². The lowest BCUT2D eigenvalue weighted by Gasteiger charge is -2.11. The second-order valence-electron chi connectivity index (χ2n) is 4.82. The van der Waals surface area contributed by atoms with Gasteiger partial charge in [0.2, 0.25) is 0 Å². The SMILES string of the molecule is Cc1ccc(-c2nc(C)n(C(C)C)c2N)cc1Br. The van der Waals surface area contributed by atoms with Gasteiger partial charge in [0.1, 0.15) is 17.3 Å². The van der Waals surface area contributed by atoms with Gasteiger partial charge in [-0.3, -0.25) is 0 Å². The van der Waals surface area contributed by atoms with E-state index in [0.29, 0.717) is 6.04 Å². The van der Waals surface area contributed by atoms with Crippen molar-refractivity contribution in [3.05, 3.63) is 34.1 Å². The molecule has 0 amide bonds. The number of hydrogen-bond donors (Lipinski definition) is 1. The molecule has 1 aromatic carbocycles. The zero-order chi connectivity index (χ0) is 13.4. The van der Waals surface area contributed by atoms with Crippen LogP contribution in [0.3, 0.4) is 0 Å². The highest BCUT2D eigenvalue weighted by atomic mass is 79.9. The predicted molar refractivity (Wildman–Crippen MR) is 79.6 cm³/mol. The third kappa shape index (κ3) is 2.17. The molecule has 0 aliphatic carbocycles. The first-order valence-electron chi connectivity index (χ1n) is 6.02. The Morgan fingerprint density at radius 2 is 1.94 bits per heavy atom. The summed E-state index contributed by atoms with van der Waals surface area (Å²) in [7, 11) is 0. The number of imidazole rings is 1. The summed E-state index contributed by atoms with van der Waals surface area (Å²) in [5.74, 6) is 1.69. The Morgan fingerprint density at radius 3 is 2.44 bits per heavy atom. The van der Waals surface area contributed by atoms with Crippen molar-refractivity contribution in [1.29, 1.82) is 0 Å². The molecule has 0 radical (unpaired) electrons. The van der Waals surface area contributed by atoms with Gasteiger partial charge in [-0.25, -0.2) is 4.98 Å². The van der Waals surface area contributed by atoms with Crippen molar-refractivity contribution < 1.29 is 0 Å². The Morgan fingerprint density at radius 1 is 1.28 bits per heavy atom. The Balaban J connectivity index is 2.58. The van der Waals surface area contributed by atoms with Gasteiger partial charge in [-0.1, -0.05) is 28.1 Å². The minimum Gasteiger partial charge on any atom is -0.383 e. The summed E-state index contributed by atoms with van der Waals surface area (Å²) in [6.45, 7) is 8.28. The standard InChI is InChI=1S/C14H18BrN3/c1-8(2)18-10(4)17-13(14(18)16)11-6-5-9(3)12(15)7-11/h5-8H,16H2,1-4H3. The van der Waals surface area contributed by atoms with Gasteiger partial charge >= 0.3 is 0 Å². The van der Waals surface area contributed by atoms with Gasteiger partial charge in [0, 0.05) is 16.1 Å². The number of aromatic nitrogens is 2. The third-order valence-corrected chi connectivity index (χ3v) is 3.94. The van der Waals surface area contributed by atoms with Gasteiger partial charge in [0.25, 0.3) is 0 Å². The van der Waals surface area contributed by atoms with Crippen LogP contribution < -0.4 is 5.73 Å². The lowest BCUT2D eigenvalue weighted by Crippen LogP contribution is -2.07. The monoisotopic (exact) mass is 307 g/mol. The van der Waals surface area contributed by atoms with Crippen LogP contribution in [0.25, 0.3) is 11.3 Å². The molecule has 2 rings (SSSR count). The van der Waals surface area contributed by atoms with Crippen LogP contribution in [0, 0.1) is 13.8 Å². The van der Waals surface area contributed by atoms with E-state index in [0.717, 1.165) is 27.4 Å². The van der Waals surface area contributed by atoms with E-state index in [1.807, 2.05) is 6.92 Å². The molecule has 0 saturated carbocycles. The van der Waals surface area contributed by atoms with Crippen molar-refractivity contribution in [3.8, 4) is 11.3 Å². The number of benzene rings is 1. The number of nitrogens with zero attached hydrogens (tertiary/aromatic N) is 2. The highest BCUT2D eigenvalue weighted by molar-refractivity contribution is 9.10. The summed E-state index contributed by atoms with van der Waals surface area (Å²) in [6, 6.07) is 6.52. The van der Waals surface area contributed by atoms with E-state index in [4.69, 9.17) is 5.73 Å². The highest BCUT2D eigenvalue weighted by Crippen LogP contribution is 2.31. The summed E-state index contributed by atoms with van der Waals surface area (Å²) >= 11 is 3.55. The van der Waals surface area contributed by atoms with Gasteiger partial charge in [-0.15, -0.1) is 0 Å².